The molecule has 0 spiro atoms. The second kappa shape index (κ2) is 10.4. The van der Waals surface area contributed by atoms with Crippen molar-refractivity contribution in [2.75, 3.05) is 15.2 Å². The topological polar surface area (TPSA) is 102 Å². The van der Waals surface area contributed by atoms with Gasteiger partial charge in [0.25, 0.3) is 0 Å². The van der Waals surface area contributed by atoms with Crippen molar-refractivity contribution in [3.05, 3.63) is 82.9 Å². The maximum atomic E-state index is 14.7. The Labute approximate surface area is 215 Å². The first-order chi connectivity index (χ1) is 17.5. The summed E-state index contributed by atoms with van der Waals surface area (Å²) < 4.78 is 89.6. The third-order valence-corrected chi connectivity index (χ3v) is 8.82. The molecular formula is C26H24F2N2O5S2. The van der Waals surface area contributed by atoms with E-state index in [-0.39, 0.29) is 46.2 Å². The average Bonchev–Trinajstić information content (AvgIpc) is 3.69. The number of terminal acetylenes is 1. The van der Waals surface area contributed by atoms with E-state index in [4.69, 9.17) is 11.2 Å². The summed E-state index contributed by atoms with van der Waals surface area (Å²) in [7, 11) is -7.36. The average molecular weight is 547 g/mol. The van der Waals surface area contributed by atoms with Crippen molar-refractivity contribution in [2.24, 2.45) is 0 Å². The van der Waals surface area contributed by atoms with Gasteiger partial charge in [0.05, 0.1) is 22.4 Å². The number of benzene rings is 3. The Morgan fingerprint density at radius 2 is 1.76 bits per heavy atom. The molecule has 1 fully saturated rings. The minimum absolute atomic E-state index is 0.0340. The summed E-state index contributed by atoms with van der Waals surface area (Å²) in [5, 5.41) is -0.586. The Balaban J connectivity index is 1.75. The minimum atomic E-state index is -3.80. The summed E-state index contributed by atoms with van der Waals surface area (Å²) in [5.41, 5.74) is 0.839. The van der Waals surface area contributed by atoms with Gasteiger partial charge < -0.3 is 4.74 Å². The van der Waals surface area contributed by atoms with E-state index in [9.17, 15) is 25.6 Å². The van der Waals surface area contributed by atoms with Crippen LogP contribution in [-0.4, -0.2) is 27.8 Å². The van der Waals surface area contributed by atoms with Crippen LogP contribution in [0.4, 0.5) is 20.2 Å². The van der Waals surface area contributed by atoms with Crippen LogP contribution < -0.4 is 14.2 Å². The van der Waals surface area contributed by atoms with Crippen molar-refractivity contribution in [1.29, 1.82) is 0 Å². The lowest BCUT2D eigenvalue weighted by molar-refractivity contribution is 0.478. The van der Waals surface area contributed by atoms with Gasteiger partial charge in [-0.3, -0.25) is 9.44 Å². The Morgan fingerprint density at radius 1 is 1.00 bits per heavy atom. The molecule has 2 N–H and O–H groups in total. The molecule has 0 heterocycles. The molecule has 0 bridgehead atoms. The Kier molecular flexibility index (Phi) is 7.43. The van der Waals surface area contributed by atoms with Crippen molar-refractivity contribution < 1.29 is 30.4 Å². The summed E-state index contributed by atoms with van der Waals surface area (Å²) in [6, 6.07) is 12.2. The van der Waals surface area contributed by atoms with Gasteiger partial charge in [0.2, 0.25) is 20.0 Å². The molecule has 7 nitrogen and oxygen atoms in total. The highest BCUT2D eigenvalue weighted by Crippen LogP contribution is 2.39. The molecule has 0 aliphatic heterocycles. The third kappa shape index (κ3) is 6.58. The highest BCUT2D eigenvalue weighted by atomic mass is 32.2. The van der Waals surface area contributed by atoms with Crippen LogP contribution in [-0.2, 0) is 26.5 Å². The molecule has 1 aliphatic rings. The zero-order chi connectivity index (χ0) is 26.8. The van der Waals surface area contributed by atoms with Crippen LogP contribution in [0.5, 0.6) is 11.5 Å². The number of nitrogens with one attached hydrogen (secondary N) is 2. The number of hydrogen-bond acceptors (Lipinski definition) is 5. The normalized spacial score (nSPS) is 13.6. The van der Waals surface area contributed by atoms with Gasteiger partial charge in [0, 0.05) is 24.1 Å². The molecule has 194 valence electrons. The number of rotatable bonds is 10. The first kappa shape index (κ1) is 26.4. The van der Waals surface area contributed by atoms with Crippen molar-refractivity contribution in [2.45, 2.75) is 31.4 Å². The zero-order valence-electron chi connectivity index (χ0n) is 19.8. The maximum Gasteiger partial charge on any atom is 0.235 e. The summed E-state index contributed by atoms with van der Waals surface area (Å²) in [4.78, 5) is 0. The second-order valence-electron chi connectivity index (χ2n) is 8.55. The number of sulfonamides is 2. The quantitative estimate of drug-likeness (QED) is 0.349. The van der Waals surface area contributed by atoms with E-state index >= 15 is 0 Å². The largest absolute Gasteiger partial charge is 0.455 e. The Bertz CT molecular complexity index is 1600. The van der Waals surface area contributed by atoms with Gasteiger partial charge in [-0.2, -0.15) is 0 Å². The first-order valence-electron chi connectivity index (χ1n) is 11.4. The van der Waals surface area contributed by atoms with Crippen LogP contribution >= 0.6 is 0 Å². The molecule has 3 aromatic carbocycles. The van der Waals surface area contributed by atoms with E-state index in [0.29, 0.717) is 18.4 Å². The van der Waals surface area contributed by atoms with Crippen LogP contribution in [0.2, 0.25) is 0 Å². The smallest absolute Gasteiger partial charge is 0.235 e. The molecule has 0 radical (unpaired) electrons. The highest BCUT2D eigenvalue weighted by Gasteiger charge is 2.37. The molecule has 3 aromatic rings. The van der Waals surface area contributed by atoms with E-state index in [2.05, 4.69) is 15.4 Å². The van der Waals surface area contributed by atoms with E-state index in [0.717, 1.165) is 12.1 Å². The van der Waals surface area contributed by atoms with Gasteiger partial charge in [-0.15, -0.1) is 6.42 Å². The summed E-state index contributed by atoms with van der Waals surface area (Å²) in [6.07, 6.45) is 6.15. The molecule has 0 atom stereocenters. The lowest BCUT2D eigenvalue weighted by atomic mass is 10.0. The fourth-order valence-corrected chi connectivity index (χ4v) is 5.63. The van der Waals surface area contributed by atoms with Crippen molar-refractivity contribution in [3.8, 4) is 23.8 Å². The minimum Gasteiger partial charge on any atom is -0.455 e. The molecule has 0 aromatic heterocycles. The summed E-state index contributed by atoms with van der Waals surface area (Å²) in [5.74, 6) is 0.814. The van der Waals surface area contributed by atoms with E-state index in [1.54, 1.807) is 0 Å². The monoisotopic (exact) mass is 546 g/mol. The lowest BCUT2D eigenvalue weighted by Crippen LogP contribution is -2.19. The van der Waals surface area contributed by atoms with Gasteiger partial charge in [-0.1, -0.05) is 18.1 Å². The van der Waals surface area contributed by atoms with Gasteiger partial charge in [-0.05, 0) is 61.2 Å². The van der Waals surface area contributed by atoms with E-state index in [1.165, 1.54) is 49.4 Å². The highest BCUT2D eigenvalue weighted by molar-refractivity contribution is 7.93. The fraction of sp³-hybridized carbons (Fsp3) is 0.231. The predicted molar refractivity (Wildman–Crippen MR) is 139 cm³/mol. The van der Waals surface area contributed by atoms with Gasteiger partial charge in [-0.25, -0.2) is 25.6 Å². The molecule has 0 saturated heterocycles. The van der Waals surface area contributed by atoms with Crippen LogP contribution in [0.15, 0.2) is 54.6 Å². The second-order valence-corrected chi connectivity index (χ2v) is 12.5. The molecule has 0 amide bonds. The molecule has 37 heavy (non-hydrogen) atoms. The number of hydrogen-bond donors (Lipinski definition) is 2. The molecule has 4 rings (SSSR count). The van der Waals surface area contributed by atoms with Crippen molar-refractivity contribution >= 4 is 31.4 Å². The number of halogens is 2. The van der Waals surface area contributed by atoms with Crippen molar-refractivity contribution in [1.82, 2.24) is 0 Å². The van der Waals surface area contributed by atoms with Gasteiger partial charge in [0.1, 0.15) is 17.4 Å². The SMILES string of the molecule is C#Cc1ccc(Cc2cc(F)cc(Oc3cccc(NS(=O)(=O)CC)c3)c2NS(=O)(=O)C2CC2)c(F)c1. The van der Waals surface area contributed by atoms with Gasteiger partial charge >= 0.3 is 0 Å². The predicted octanol–water partition coefficient (Wildman–Crippen LogP) is 4.99. The zero-order valence-corrected chi connectivity index (χ0v) is 21.4. The van der Waals surface area contributed by atoms with Crippen LogP contribution in [0.3, 0.4) is 0 Å². The summed E-state index contributed by atoms with van der Waals surface area (Å²) in [6.45, 7) is 1.48. The Hall–Kier alpha value is -3.62. The molecule has 11 heteroatoms. The van der Waals surface area contributed by atoms with Gasteiger partial charge in [0.15, 0.2) is 5.75 Å². The Morgan fingerprint density at radius 3 is 2.41 bits per heavy atom. The molecular weight excluding hydrogens is 522 g/mol. The maximum absolute atomic E-state index is 14.7. The van der Waals surface area contributed by atoms with Crippen LogP contribution in [0.1, 0.15) is 36.5 Å². The molecule has 1 aliphatic carbocycles. The summed E-state index contributed by atoms with van der Waals surface area (Å²) >= 11 is 0. The lowest BCUT2D eigenvalue weighted by Gasteiger charge is -2.18. The van der Waals surface area contributed by atoms with E-state index in [1.807, 2.05) is 0 Å². The molecule has 1 saturated carbocycles. The third-order valence-electron chi connectivity index (χ3n) is 5.67. The number of ether oxygens (including phenoxy) is 1. The fourth-order valence-electron chi connectivity index (χ4n) is 3.56. The van der Waals surface area contributed by atoms with Crippen LogP contribution in [0.25, 0.3) is 0 Å². The van der Waals surface area contributed by atoms with Crippen LogP contribution in [0, 0.1) is 24.0 Å². The standard InChI is InChI=1S/C26H24F2N2O5S2/c1-3-17-8-9-18(24(28)12-17)13-19-14-20(27)15-25(26(19)30-37(33,34)23-10-11-23)35-22-7-5-6-21(16-22)29-36(31,32)4-2/h1,5-9,12,14-16,23,29-30H,4,10-11,13H2,2H3. The first-order valence-corrected chi connectivity index (χ1v) is 14.6. The number of anilines is 2. The van der Waals surface area contributed by atoms with E-state index < -0.39 is 36.9 Å². The van der Waals surface area contributed by atoms with Crippen molar-refractivity contribution in [3.63, 3.8) is 0 Å². The molecule has 0 unspecified atom stereocenters.